The molecule has 0 aliphatic rings. The van der Waals surface area contributed by atoms with Crippen LogP contribution in [-0.4, -0.2) is 18.1 Å². The van der Waals surface area contributed by atoms with E-state index >= 15 is 0 Å². The van der Waals surface area contributed by atoms with Gasteiger partial charge in [-0.1, -0.05) is 39.1 Å². The lowest BCUT2D eigenvalue weighted by molar-refractivity contribution is -0.140. The highest BCUT2D eigenvalue weighted by Crippen LogP contribution is 2.36. The molecule has 0 aliphatic carbocycles. The summed E-state index contributed by atoms with van der Waals surface area (Å²) in [6.45, 7) is 0. The van der Waals surface area contributed by atoms with Crippen LogP contribution in [0.3, 0.4) is 0 Å². The standard InChI is InChI=1S/C13H11BrCl2N2O2S/c1-20-11(19)3-2-8-6-21-13(17-8)18-12-9(15)4-7(14)5-10(12)16/h4-6H,2-3H2,1H3,(H,17,18). The SMILES string of the molecule is COC(=O)CCc1csc(Nc2c(Cl)cc(Br)cc2Cl)n1. The van der Waals surface area contributed by atoms with Crippen molar-refractivity contribution in [3.05, 3.63) is 37.7 Å². The molecule has 2 aromatic rings. The first-order chi connectivity index (χ1) is 9.99. The summed E-state index contributed by atoms with van der Waals surface area (Å²) in [5.41, 5.74) is 1.42. The number of carbonyl (C=O) groups is 1. The first-order valence-electron chi connectivity index (χ1n) is 5.92. The van der Waals surface area contributed by atoms with Crippen molar-refractivity contribution in [1.29, 1.82) is 0 Å². The van der Waals surface area contributed by atoms with Crippen LogP contribution in [0.15, 0.2) is 22.0 Å². The van der Waals surface area contributed by atoms with Crippen molar-refractivity contribution >= 4 is 67.3 Å². The van der Waals surface area contributed by atoms with Crippen LogP contribution in [-0.2, 0) is 16.0 Å². The Hall–Kier alpha value is -0.820. The Labute approximate surface area is 144 Å². The number of ether oxygens (including phenoxy) is 1. The molecule has 4 nitrogen and oxygen atoms in total. The fourth-order valence-electron chi connectivity index (χ4n) is 1.58. The van der Waals surface area contributed by atoms with Gasteiger partial charge in [-0.05, 0) is 12.1 Å². The fourth-order valence-corrected chi connectivity index (χ4v) is 3.63. The van der Waals surface area contributed by atoms with Gasteiger partial charge >= 0.3 is 5.97 Å². The number of esters is 1. The zero-order valence-corrected chi connectivity index (χ0v) is 14.9. The van der Waals surface area contributed by atoms with E-state index in [1.54, 1.807) is 12.1 Å². The predicted molar refractivity (Wildman–Crippen MR) is 89.9 cm³/mol. The zero-order chi connectivity index (χ0) is 15.4. The third-order valence-electron chi connectivity index (χ3n) is 2.60. The van der Waals surface area contributed by atoms with Crippen molar-refractivity contribution in [2.24, 2.45) is 0 Å². The van der Waals surface area contributed by atoms with Gasteiger partial charge in [0, 0.05) is 16.3 Å². The van der Waals surface area contributed by atoms with Crippen molar-refractivity contribution in [3.8, 4) is 0 Å². The summed E-state index contributed by atoms with van der Waals surface area (Å²) in [6, 6.07) is 3.50. The highest BCUT2D eigenvalue weighted by atomic mass is 79.9. The molecule has 0 bridgehead atoms. The molecule has 0 radical (unpaired) electrons. The molecule has 0 aliphatic heterocycles. The molecular weight excluding hydrogens is 399 g/mol. The van der Waals surface area contributed by atoms with E-state index in [0.717, 1.165) is 10.2 Å². The molecular formula is C13H11BrCl2N2O2S. The number of hydrogen-bond donors (Lipinski definition) is 1. The molecule has 1 aromatic carbocycles. The average Bonchev–Trinajstić information content (AvgIpc) is 2.88. The molecule has 21 heavy (non-hydrogen) atoms. The smallest absolute Gasteiger partial charge is 0.305 e. The quantitative estimate of drug-likeness (QED) is 0.701. The Balaban J connectivity index is 2.08. The van der Waals surface area contributed by atoms with Gasteiger partial charge in [-0.15, -0.1) is 11.3 Å². The van der Waals surface area contributed by atoms with Crippen LogP contribution in [0.25, 0.3) is 0 Å². The van der Waals surface area contributed by atoms with Crippen LogP contribution in [0, 0.1) is 0 Å². The lowest BCUT2D eigenvalue weighted by Gasteiger charge is -2.08. The van der Waals surface area contributed by atoms with E-state index in [2.05, 4.69) is 31.0 Å². The highest BCUT2D eigenvalue weighted by Gasteiger charge is 2.11. The van der Waals surface area contributed by atoms with E-state index in [-0.39, 0.29) is 5.97 Å². The van der Waals surface area contributed by atoms with E-state index < -0.39 is 0 Å². The van der Waals surface area contributed by atoms with Crippen LogP contribution < -0.4 is 5.32 Å². The van der Waals surface area contributed by atoms with Gasteiger partial charge in [-0.2, -0.15) is 0 Å². The fraction of sp³-hybridized carbons (Fsp3) is 0.231. The van der Waals surface area contributed by atoms with Crippen molar-refractivity contribution in [1.82, 2.24) is 4.98 Å². The Morgan fingerprint density at radius 2 is 2.10 bits per heavy atom. The third kappa shape index (κ3) is 4.57. The monoisotopic (exact) mass is 408 g/mol. The minimum atomic E-state index is -0.253. The Kier molecular flexibility index (Phi) is 5.87. The lowest BCUT2D eigenvalue weighted by atomic mass is 10.2. The largest absolute Gasteiger partial charge is 0.469 e. The summed E-state index contributed by atoms with van der Waals surface area (Å²) < 4.78 is 5.41. The van der Waals surface area contributed by atoms with Crippen molar-refractivity contribution < 1.29 is 9.53 Å². The number of benzene rings is 1. The summed E-state index contributed by atoms with van der Waals surface area (Å²) in [4.78, 5) is 15.5. The second kappa shape index (κ2) is 7.45. The Bertz CT molecular complexity index is 640. The maximum Gasteiger partial charge on any atom is 0.305 e. The molecule has 1 N–H and O–H groups in total. The van der Waals surface area contributed by atoms with Crippen molar-refractivity contribution in [2.45, 2.75) is 12.8 Å². The summed E-state index contributed by atoms with van der Waals surface area (Å²) >= 11 is 17.0. The molecule has 0 saturated heterocycles. The summed E-state index contributed by atoms with van der Waals surface area (Å²) in [5.74, 6) is -0.253. The number of anilines is 2. The van der Waals surface area contributed by atoms with Crippen LogP contribution in [0.1, 0.15) is 12.1 Å². The average molecular weight is 410 g/mol. The molecule has 1 heterocycles. The molecule has 8 heteroatoms. The summed E-state index contributed by atoms with van der Waals surface area (Å²) in [7, 11) is 1.37. The van der Waals surface area contributed by atoms with E-state index in [1.807, 2.05) is 5.38 Å². The minimum absolute atomic E-state index is 0.253. The number of rotatable bonds is 5. The first kappa shape index (κ1) is 16.5. The Morgan fingerprint density at radius 3 is 2.71 bits per heavy atom. The number of carbonyl (C=O) groups excluding carboxylic acids is 1. The highest BCUT2D eigenvalue weighted by molar-refractivity contribution is 9.10. The van der Waals surface area contributed by atoms with E-state index in [0.29, 0.717) is 33.7 Å². The topological polar surface area (TPSA) is 51.2 Å². The second-order valence-corrected chi connectivity index (χ2v) is 6.68. The number of halogens is 3. The lowest BCUT2D eigenvalue weighted by Crippen LogP contribution is -2.02. The number of nitrogens with one attached hydrogen (secondary N) is 1. The molecule has 2 rings (SSSR count). The van der Waals surface area contributed by atoms with Gasteiger partial charge in [0.15, 0.2) is 5.13 Å². The van der Waals surface area contributed by atoms with Gasteiger partial charge in [-0.25, -0.2) is 4.98 Å². The number of thiazole rings is 1. The minimum Gasteiger partial charge on any atom is -0.469 e. The normalized spacial score (nSPS) is 10.5. The predicted octanol–water partition coefficient (Wildman–Crippen LogP) is 5.06. The summed E-state index contributed by atoms with van der Waals surface area (Å²) in [5, 5.41) is 6.65. The number of aryl methyl sites for hydroxylation is 1. The summed E-state index contributed by atoms with van der Waals surface area (Å²) in [6.07, 6.45) is 0.839. The molecule has 1 aromatic heterocycles. The van der Waals surface area contributed by atoms with Gasteiger partial charge in [0.1, 0.15) is 0 Å². The van der Waals surface area contributed by atoms with Crippen LogP contribution in [0.2, 0.25) is 10.0 Å². The molecule has 112 valence electrons. The maximum absolute atomic E-state index is 11.1. The molecule has 0 atom stereocenters. The first-order valence-corrected chi connectivity index (χ1v) is 8.35. The van der Waals surface area contributed by atoms with Crippen LogP contribution >= 0.6 is 50.5 Å². The molecule has 0 saturated carbocycles. The van der Waals surface area contributed by atoms with Crippen molar-refractivity contribution in [2.75, 3.05) is 12.4 Å². The Morgan fingerprint density at radius 1 is 1.43 bits per heavy atom. The maximum atomic E-state index is 11.1. The van der Waals surface area contributed by atoms with E-state index in [4.69, 9.17) is 23.2 Å². The zero-order valence-electron chi connectivity index (χ0n) is 11.0. The number of nitrogens with zero attached hydrogens (tertiary/aromatic N) is 1. The second-order valence-electron chi connectivity index (χ2n) is 4.09. The number of hydrogen-bond acceptors (Lipinski definition) is 5. The van der Waals surface area contributed by atoms with Gasteiger partial charge in [0.2, 0.25) is 0 Å². The molecule has 0 amide bonds. The van der Waals surface area contributed by atoms with Gasteiger partial charge in [-0.3, -0.25) is 4.79 Å². The number of aromatic nitrogens is 1. The van der Waals surface area contributed by atoms with Gasteiger partial charge < -0.3 is 10.1 Å². The van der Waals surface area contributed by atoms with E-state index in [9.17, 15) is 4.79 Å². The molecule has 0 spiro atoms. The third-order valence-corrected chi connectivity index (χ3v) is 4.46. The van der Waals surface area contributed by atoms with Gasteiger partial charge in [0.25, 0.3) is 0 Å². The molecule has 0 unspecified atom stereocenters. The van der Waals surface area contributed by atoms with Crippen molar-refractivity contribution in [3.63, 3.8) is 0 Å². The van der Waals surface area contributed by atoms with Crippen LogP contribution in [0.5, 0.6) is 0 Å². The van der Waals surface area contributed by atoms with Crippen LogP contribution in [0.4, 0.5) is 10.8 Å². The van der Waals surface area contributed by atoms with Gasteiger partial charge in [0.05, 0.1) is 35.0 Å². The number of methoxy groups -OCH3 is 1. The van der Waals surface area contributed by atoms with E-state index in [1.165, 1.54) is 18.4 Å². The molecule has 0 fully saturated rings.